The third kappa shape index (κ3) is 2.25. The van der Waals surface area contributed by atoms with E-state index in [2.05, 4.69) is 0 Å². The van der Waals surface area contributed by atoms with Gasteiger partial charge in [0.25, 0.3) is 0 Å². The van der Waals surface area contributed by atoms with Gasteiger partial charge in [-0.2, -0.15) is 13.2 Å². The fourth-order valence-corrected chi connectivity index (χ4v) is 1.85. The van der Waals surface area contributed by atoms with Crippen molar-refractivity contribution < 1.29 is 13.2 Å². The Bertz CT molecular complexity index is 340. The monoisotopic (exact) mass is 215 g/mol. The number of anilines is 1. The molecule has 4 heteroatoms. The van der Waals surface area contributed by atoms with Gasteiger partial charge in [-0.25, -0.2) is 0 Å². The van der Waals surface area contributed by atoms with Gasteiger partial charge in [0.05, 0.1) is 5.56 Å². The van der Waals surface area contributed by atoms with Crippen molar-refractivity contribution in [1.82, 2.24) is 0 Å². The number of alkyl halides is 3. The van der Waals surface area contributed by atoms with Crippen LogP contribution in [0.5, 0.6) is 0 Å². The van der Waals surface area contributed by atoms with Crippen LogP contribution in [0.2, 0.25) is 0 Å². The van der Waals surface area contributed by atoms with Crippen LogP contribution in [0.15, 0.2) is 24.3 Å². The van der Waals surface area contributed by atoms with Crippen molar-refractivity contribution in [3.05, 3.63) is 29.8 Å². The molecule has 2 rings (SSSR count). The highest BCUT2D eigenvalue weighted by molar-refractivity contribution is 5.49. The Hall–Kier alpha value is -1.19. The van der Waals surface area contributed by atoms with Gasteiger partial charge in [0.15, 0.2) is 0 Å². The second-order valence-electron chi connectivity index (χ2n) is 3.74. The maximum absolute atomic E-state index is 12.4. The molecule has 0 atom stereocenters. The molecule has 0 aromatic heterocycles. The van der Waals surface area contributed by atoms with Gasteiger partial charge in [-0.3, -0.25) is 0 Å². The minimum atomic E-state index is -4.24. The summed E-state index contributed by atoms with van der Waals surface area (Å²) in [5.74, 6) is 0. The molecule has 0 radical (unpaired) electrons. The summed E-state index contributed by atoms with van der Waals surface area (Å²) in [4.78, 5) is 2.00. The van der Waals surface area contributed by atoms with E-state index in [0.717, 1.165) is 32.0 Å². The smallest absolute Gasteiger partial charge is 0.372 e. The van der Waals surface area contributed by atoms with Gasteiger partial charge >= 0.3 is 6.18 Å². The van der Waals surface area contributed by atoms with E-state index in [1.807, 2.05) is 4.90 Å². The van der Waals surface area contributed by atoms with E-state index < -0.39 is 11.7 Å². The lowest BCUT2D eigenvalue weighted by Crippen LogP contribution is -2.18. The van der Waals surface area contributed by atoms with Crippen LogP contribution in [0.25, 0.3) is 0 Å². The number of halogens is 3. The van der Waals surface area contributed by atoms with E-state index in [-0.39, 0.29) is 0 Å². The van der Waals surface area contributed by atoms with E-state index in [1.54, 1.807) is 6.07 Å². The first kappa shape index (κ1) is 10.3. The van der Waals surface area contributed by atoms with Crippen LogP contribution in [0.4, 0.5) is 18.9 Å². The summed E-state index contributed by atoms with van der Waals surface area (Å²) in [6.45, 7) is 1.72. The van der Waals surface area contributed by atoms with E-state index >= 15 is 0 Å². The summed E-state index contributed by atoms with van der Waals surface area (Å²) in [5.41, 5.74) is 0.120. The molecule has 1 nitrogen and oxygen atoms in total. The van der Waals surface area contributed by atoms with Gasteiger partial charge in [0.2, 0.25) is 0 Å². The second-order valence-corrected chi connectivity index (χ2v) is 3.74. The predicted octanol–water partition coefficient (Wildman–Crippen LogP) is 3.31. The van der Waals surface area contributed by atoms with Crippen LogP contribution in [-0.2, 0) is 6.18 Å². The molecule has 0 N–H and O–H groups in total. The standard InChI is InChI=1S/C11H12F3N/c12-11(13,14)9-4-3-5-10(8-9)15-6-1-2-7-15/h3-5,8H,1-2,6-7H2. The molecule has 1 aliphatic rings. The zero-order valence-corrected chi connectivity index (χ0v) is 8.22. The highest BCUT2D eigenvalue weighted by Crippen LogP contribution is 2.32. The van der Waals surface area contributed by atoms with Crippen LogP contribution in [0, 0.1) is 0 Å². The summed E-state index contributed by atoms with van der Waals surface area (Å²) in [6.07, 6.45) is -2.11. The number of hydrogen-bond donors (Lipinski definition) is 0. The zero-order chi connectivity index (χ0) is 10.9. The van der Waals surface area contributed by atoms with Crippen molar-refractivity contribution in [3.63, 3.8) is 0 Å². The molecule has 0 aliphatic carbocycles. The van der Waals surface area contributed by atoms with Crippen LogP contribution < -0.4 is 4.90 Å². The molecule has 0 bridgehead atoms. The predicted molar refractivity (Wildman–Crippen MR) is 52.9 cm³/mol. The molecule has 0 unspecified atom stereocenters. The molecule has 1 saturated heterocycles. The van der Waals surface area contributed by atoms with E-state index in [0.29, 0.717) is 5.69 Å². The van der Waals surface area contributed by atoms with Crippen molar-refractivity contribution >= 4 is 5.69 Å². The molecule has 1 fully saturated rings. The molecule has 82 valence electrons. The quantitative estimate of drug-likeness (QED) is 0.694. The van der Waals surface area contributed by atoms with Gasteiger partial charge < -0.3 is 4.90 Å². The summed E-state index contributed by atoms with van der Waals surface area (Å²) < 4.78 is 37.3. The first-order valence-electron chi connectivity index (χ1n) is 4.99. The topological polar surface area (TPSA) is 3.24 Å². The Morgan fingerprint density at radius 1 is 1.07 bits per heavy atom. The third-order valence-corrected chi connectivity index (χ3v) is 2.64. The molecular weight excluding hydrogens is 203 g/mol. The van der Waals surface area contributed by atoms with Crippen LogP contribution in [0.1, 0.15) is 18.4 Å². The SMILES string of the molecule is FC(F)(F)c1cccc(N2CCCC2)c1. The Morgan fingerprint density at radius 2 is 1.73 bits per heavy atom. The lowest BCUT2D eigenvalue weighted by Gasteiger charge is -2.18. The van der Waals surface area contributed by atoms with E-state index in [9.17, 15) is 13.2 Å². The fraction of sp³-hybridized carbons (Fsp3) is 0.455. The molecular formula is C11H12F3N. The van der Waals surface area contributed by atoms with Gasteiger partial charge in [0, 0.05) is 18.8 Å². The second kappa shape index (κ2) is 3.76. The van der Waals surface area contributed by atoms with Crippen molar-refractivity contribution in [2.45, 2.75) is 19.0 Å². The van der Waals surface area contributed by atoms with Crippen molar-refractivity contribution in [1.29, 1.82) is 0 Å². The minimum Gasteiger partial charge on any atom is -0.372 e. The average molecular weight is 215 g/mol. The molecule has 1 heterocycles. The largest absolute Gasteiger partial charge is 0.416 e. The number of hydrogen-bond acceptors (Lipinski definition) is 1. The maximum Gasteiger partial charge on any atom is 0.416 e. The summed E-state index contributed by atoms with van der Waals surface area (Å²) in [7, 11) is 0. The first-order chi connectivity index (χ1) is 7.07. The van der Waals surface area contributed by atoms with Gasteiger partial charge in [-0.15, -0.1) is 0 Å². The van der Waals surface area contributed by atoms with Gasteiger partial charge in [-0.05, 0) is 31.0 Å². The van der Waals surface area contributed by atoms with Crippen molar-refractivity contribution in [2.24, 2.45) is 0 Å². The molecule has 0 amide bonds. The van der Waals surface area contributed by atoms with Gasteiger partial charge in [0.1, 0.15) is 0 Å². The summed E-state index contributed by atoms with van der Waals surface area (Å²) in [5, 5.41) is 0. The van der Waals surface area contributed by atoms with Crippen molar-refractivity contribution in [2.75, 3.05) is 18.0 Å². The fourth-order valence-electron chi connectivity index (χ4n) is 1.85. The summed E-state index contributed by atoms with van der Waals surface area (Å²) in [6, 6.07) is 5.54. The first-order valence-corrected chi connectivity index (χ1v) is 4.99. The average Bonchev–Trinajstić information content (AvgIpc) is 2.69. The van der Waals surface area contributed by atoms with E-state index in [4.69, 9.17) is 0 Å². The highest BCUT2D eigenvalue weighted by Gasteiger charge is 2.30. The number of benzene rings is 1. The normalized spacial score (nSPS) is 17.1. The molecule has 1 aromatic rings. The lowest BCUT2D eigenvalue weighted by molar-refractivity contribution is -0.137. The number of nitrogens with zero attached hydrogens (tertiary/aromatic N) is 1. The van der Waals surface area contributed by atoms with Crippen LogP contribution >= 0.6 is 0 Å². The highest BCUT2D eigenvalue weighted by atomic mass is 19.4. The third-order valence-electron chi connectivity index (χ3n) is 2.64. The molecule has 1 aromatic carbocycles. The van der Waals surface area contributed by atoms with Crippen LogP contribution in [-0.4, -0.2) is 13.1 Å². The summed E-state index contributed by atoms with van der Waals surface area (Å²) >= 11 is 0. The minimum absolute atomic E-state index is 0.563. The Kier molecular flexibility index (Phi) is 2.59. The zero-order valence-electron chi connectivity index (χ0n) is 8.22. The lowest BCUT2D eigenvalue weighted by atomic mass is 10.2. The Morgan fingerprint density at radius 3 is 2.33 bits per heavy atom. The van der Waals surface area contributed by atoms with Crippen molar-refractivity contribution in [3.8, 4) is 0 Å². The maximum atomic E-state index is 12.4. The Balaban J connectivity index is 2.26. The van der Waals surface area contributed by atoms with E-state index in [1.165, 1.54) is 12.1 Å². The van der Waals surface area contributed by atoms with Crippen LogP contribution in [0.3, 0.4) is 0 Å². The number of rotatable bonds is 1. The van der Waals surface area contributed by atoms with Gasteiger partial charge in [-0.1, -0.05) is 6.07 Å². The molecule has 1 aliphatic heterocycles. The Labute approximate surface area is 86.5 Å². The molecule has 0 spiro atoms. The molecule has 15 heavy (non-hydrogen) atoms. The molecule has 0 saturated carbocycles.